The number of hydrogen-bond donors (Lipinski definition) is 0. The summed E-state index contributed by atoms with van der Waals surface area (Å²) >= 11 is 0. The first-order valence-electron chi connectivity index (χ1n) is 3.49. The summed E-state index contributed by atoms with van der Waals surface area (Å²) in [6.07, 6.45) is 4.14. The Labute approximate surface area is 75.8 Å². The van der Waals surface area contributed by atoms with E-state index < -0.39 is 10.5 Å². The minimum Gasteiger partial charge on any atom is -0.357 e. The lowest BCUT2D eigenvalue weighted by atomic mass is 10.3. The Morgan fingerprint density at radius 1 is 1.54 bits per heavy atom. The molecule has 4 nitrogen and oxygen atoms in total. The van der Waals surface area contributed by atoms with Gasteiger partial charge in [-0.2, -0.15) is 8.42 Å². The van der Waals surface area contributed by atoms with Crippen molar-refractivity contribution in [1.29, 1.82) is 0 Å². The van der Waals surface area contributed by atoms with Gasteiger partial charge in [-0.3, -0.25) is 4.99 Å². The Morgan fingerprint density at radius 2 is 2.23 bits per heavy atom. The molecule has 6 heteroatoms. The highest BCUT2D eigenvalue weighted by molar-refractivity contribution is 7.81. The fraction of sp³-hybridized carbons (Fsp3) is 0.286. The Morgan fingerprint density at radius 3 is 2.85 bits per heavy atom. The molecule has 1 rings (SSSR count). The highest BCUT2D eigenvalue weighted by Crippen LogP contribution is 2.07. The summed E-state index contributed by atoms with van der Waals surface area (Å²) in [6.45, 7) is 2.27. The van der Waals surface area contributed by atoms with Gasteiger partial charge in [0.25, 0.3) is 0 Å². The SMILES string of the molecule is CC1=CC=C(OS(=O)(=O)F)C=NC1. The molecule has 0 aromatic rings. The Kier molecular flexibility index (Phi) is 2.82. The van der Waals surface area contributed by atoms with Crippen molar-refractivity contribution in [1.82, 2.24) is 0 Å². The normalized spacial score (nSPS) is 17.4. The first kappa shape index (κ1) is 9.91. The van der Waals surface area contributed by atoms with Gasteiger partial charge in [-0.25, -0.2) is 0 Å². The van der Waals surface area contributed by atoms with Gasteiger partial charge in [-0.15, -0.1) is 0 Å². The van der Waals surface area contributed by atoms with Gasteiger partial charge in [0.2, 0.25) is 0 Å². The maximum absolute atomic E-state index is 12.0. The van der Waals surface area contributed by atoms with E-state index in [-0.39, 0.29) is 5.76 Å². The molecule has 0 bridgehead atoms. The molecule has 72 valence electrons. The number of rotatable bonds is 2. The maximum Gasteiger partial charge on any atom is 0.488 e. The zero-order valence-electron chi connectivity index (χ0n) is 6.90. The quantitative estimate of drug-likeness (QED) is 0.635. The molecule has 0 radical (unpaired) electrons. The van der Waals surface area contributed by atoms with Crippen molar-refractivity contribution >= 4 is 16.7 Å². The summed E-state index contributed by atoms with van der Waals surface area (Å²) in [7, 11) is -4.95. The van der Waals surface area contributed by atoms with Gasteiger partial charge in [0, 0.05) is 0 Å². The van der Waals surface area contributed by atoms with Gasteiger partial charge in [-0.1, -0.05) is 15.5 Å². The Hall–Kier alpha value is -1.17. The lowest BCUT2D eigenvalue weighted by Crippen LogP contribution is -1.99. The van der Waals surface area contributed by atoms with Crippen LogP contribution in [0.25, 0.3) is 0 Å². The minimum absolute atomic E-state index is 0.126. The molecule has 0 unspecified atom stereocenters. The van der Waals surface area contributed by atoms with Crippen molar-refractivity contribution in [2.75, 3.05) is 6.54 Å². The molecule has 0 aliphatic carbocycles. The summed E-state index contributed by atoms with van der Waals surface area (Å²) in [5.41, 5.74) is 0.936. The van der Waals surface area contributed by atoms with Crippen molar-refractivity contribution < 1.29 is 16.5 Å². The fourth-order valence-electron chi connectivity index (χ4n) is 0.764. The van der Waals surface area contributed by atoms with Crippen LogP contribution in [0.4, 0.5) is 3.89 Å². The number of allylic oxidation sites excluding steroid dienone is 3. The van der Waals surface area contributed by atoms with E-state index in [0.29, 0.717) is 6.54 Å². The summed E-state index contributed by atoms with van der Waals surface area (Å²) in [5, 5.41) is 0. The number of hydrogen-bond acceptors (Lipinski definition) is 4. The molecule has 0 N–H and O–H groups in total. The van der Waals surface area contributed by atoms with Gasteiger partial charge in [-0.05, 0) is 13.0 Å². The van der Waals surface area contributed by atoms with E-state index in [2.05, 4.69) is 9.18 Å². The molecule has 1 aliphatic heterocycles. The van der Waals surface area contributed by atoms with Crippen LogP contribution in [0, 0.1) is 0 Å². The first-order chi connectivity index (χ1) is 5.97. The van der Waals surface area contributed by atoms with Crippen LogP contribution in [0.3, 0.4) is 0 Å². The second kappa shape index (κ2) is 3.69. The summed E-state index contributed by atoms with van der Waals surface area (Å²) in [5.74, 6) is -0.126. The van der Waals surface area contributed by atoms with Crippen molar-refractivity contribution in [3.63, 3.8) is 0 Å². The molecule has 13 heavy (non-hydrogen) atoms. The molecular formula is C7H8FNO3S. The number of nitrogens with zero attached hydrogens (tertiary/aromatic N) is 1. The molecule has 0 aromatic heterocycles. The third kappa shape index (κ3) is 3.84. The van der Waals surface area contributed by atoms with Gasteiger partial charge in [0.1, 0.15) is 0 Å². The monoisotopic (exact) mass is 205 g/mol. The number of aliphatic imine (C=N–C) groups is 1. The van der Waals surface area contributed by atoms with Crippen LogP contribution >= 0.6 is 0 Å². The summed E-state index contributed by atoms with van der Waals surface area (Å²) < 4.78 is 36.2. The predicted octanol–water partition coefficient (Wildman–Crippen LogP) is 1.13. The van der Waals surface area contributed by atoms with Crippen molar-refractivity contribution in [3.8, 4) is 0 Å². The van der Waals surface area contributed by atoms with Crippen molar-refractivity contribution in [2.45, 2.75) is 6.92 Å². The smallest absolute Gasteiger partial charge is 0.357 e. The third-order valence-corrected chi connectivity index (χ3v) is 1.68. The average molecular weight is 205 g/mol. The van der Waals surface area contributed by atoms with Crippen molar-refractivity contribution in [2.24, 2.45) is 4.99 Å². The van der Waals surface area contributed by atoms with E-state index in [4.69, 9.17) is 0 Å². The van der Waals surface area contributed by atoms with Crippen LogP contribution in [-0.2, 0) is 14.7 Å². The van der Waals surface area contributed by atoms with E-state index in [1.54, 1.807) is 6.08 Å². The molecule has 0 saturated heterocycles. The second-order valence-corrected chi connectivity index (χ2v) is 3.48. The largest absolute Gasteiger partial charge is 0.488 e. The average Bonchev–Trinajstić information content (AvgIpc) is 2.12. The van der Waals surface area contributed by atoms with E-state index >= 15 is 0 Å². The molecule has 1 heterocycles. The zero-order chi connectivity index (χ0) is 9.90. The zero-order valence-corrected chi connectivity index (χ0v) is 7.71. The van der Waals surface area contributed by atoms with Gasteiger partial charge < -0.3 is 4.18 Å². The fourth-order valence-corrected chi connectivity index (χ4v) is 1.09. The van der Waals surface area contributed by atoms with Crippen LogP contribution in [0.5, 0.6) is 0 Å². The molecule has 0 spiro atoms. The van der Waals surface area contributed by atoms with Crippen molar-refractivity contribution in [3.05, 3.63) is 23.5 Å². The first-order valence-corrected chi connectivity index (χ1v) is 4.79. The lowest BCUT2D eigenvalue weighted by Gasteiger charge is -1.96. The molecule has 0 fully saturated rings. The highest BCUT2D eigenvalue weighted by Gasteiger charge is 2.10. The molecule has 0 aromatic carbocycles. The molecule has 1 aliphatic rings. The van der Waals surface area contributed by atoms with Crippen LogP contribution < -0.4 is 0 Å². The summed E-state index contributed by atoms with van der Waals surface area (Å²) in [4.78, 5) is 3.80. The Bertz CT molecular complexity index is 381. The molecular weight excluding hydrogens is 197 g/mol. The van der Waals surface area contributed by atoms with E-state index in [1.807, 2.05) is 6.92 Å². The van der Waals surface area contributed by atoms with Crippen LogP contribution in [0.2, 0.25) is 0 Å². The third-order valence-electron chi connectivity index (χ3n) is 1.29. The number of halogens is 1. The van der Waals surface area contributed by atoms with Crippen LogP contribution in [0.15, 0.2) is 28.5 Å². The van der Waals surface area contributed by atoms with Gasteiger partial charge in [0.05, 0.1) is 12.8 Å². The molecule has 0 amide bonds. The molecule has 0 atom stereocenters. The topological polar surface area (TPSA) is 55.7 Å². The van der Waals surface area contributed by atoms with Crippen LogP contribution in [-0.4, -0.2) is 21.2 Å². The predicted molar refractivity (Wildman–Crippen MR) is 46.3 cm³/mol. The van der Waals surface area contributed by atoms with Gasteiger partial charge >= 0.3 is 10.5 Å². The second-order valence-electron chi connectivity index (χ2n) is 2.53. The standard InChI is InChI=1S/C7H8FNO3S/c1-6-2-3-7(5-9-4-6)12-13(8,10)11/h2-3,5H,4H2,1H3. The lowest BCUT2D eigenvalue weighted by molar-refractivity contribution is 0.389. The molecule has 0 saturated carbocycles. The van der Waals surface area contributed by atoms with Gasteiger partial charge in [0.15, 0.2) is 5.76 Å². The van der Waals surface area contributed by atoms with Crippen LogP contribution in [0.1, 0.15) is 6.92 Å². The van der Waals surface area contributed by atoms with E-state index in [0.717, 1.165) is 5.57 Å². The highest BCUT2D eigenvalue weighted by atomic mass is 32.3. The van der Waals surface area contributed by atoms with E-state index in [9.17, 15) is 12.3 Å². The maximum atomic E-state index is 12.0. The summed E-state index contributed by atoms with van der Waals surface area (Å²) in [6, 6.07) is 0. The minimum atomic E-state index is -4.95. The van der Waals surface area contributed by atoms with E-state index in [1.165, 1.54) is 12.3 Å². The Balaban J connectivity index is 2.82.